The number of aromatic nitrogens is 2. The Morgan fingerprint density at radius 2 is 2.04 bits per heavy atom. The topological polar surface area (TPSA) is 46.4 Å². The van der Waals surface area contributed by atoms with Crippen molar-refractivity contribution in [3.05, 3.63) is 64.6 Å². The summed E-state index contributed by atoms with van der Waals surface area (Å²) in [6.45, 7) is 1.86. The quantitative estimate of drug-likeness (QED) is 0.699. The van der Waals surface area contributed by atoms with Gasteiger partial charge in [-0.2, -0.15) is 13.2 Å². The Bertz CT molecular complexity index is 966. The van der Waals surface area contributed by atoms with Crippen LogP contribution in [-0.2, 0) is 17.4 Å². The Hall–Kier alpha value is -2.54. The van der Waals surface area contributed by atoms with Crippen molar-refractivity contribution in [2.45, 2.75) is 25.9 Å². The third-order valence-electron chi connectivity index (χ3n) is 3.97. The lowest BCUT2D eigenvalue weighted by atomic mass is 10.1. The lowest BCUT2D eigenvalue weighted by Crippen LogP contribution is -2.14. The van der Waals surface area contributed by atoms with Crippen molar-refractivity contribution in [3.63, 3.8) is 0 Å². The molecule has 26 heavy (non-hydrogen) atoms. The van der Waals surface area contributed by atoms with Gasteiger partial charge in [-0.3, -0.25) is 4.79 Å². The number of imidazole rings is 1. The number of aryl methyl sites for hydroxylation is 2. The fourth-order valence-corrected chi connectivity index (χ4v) is 2.97. The van der Waals surface area contributed by atoms with Gasteiger partial charge in [-0.1, -0.05) is 17.7 Å². The summed E-state index contributed by atoms with van der Waals surface area (Å²) < 4.78 is 40.6. The number of hydrogen-bond acceptors (Lipinski definition) is 2. The molecule has 1 aromatic carbocycles. The number of halogens is 4. The number of alkyl halides is 3. The maximum Gasteiger partial charge on any atom is 0.417 e. The first-order chi connectivity index (χ1) is 12.3. The van der Waals surface area contributed by atoms with Crippen LogP contribution in [0.15, 0.2) is 42.6 Å². The molecule has 0 unspecified atom stereocenters. The molecule has 0 fully saturated rings. The van der Waals surface area contributed by atoms with E-state index in [1.165, 1.54) is 6.07 Å². The first-order valence-electron chi connectivity index (χ1n) is 7.85. The first-order valence-corrected chi connectivity index (χ1v) is 8.22. The van der Waals surface area contributed by atoms with Crippen LogP contribution in [0.1, 0.15) is 23.4 Å². The molecule has 2 heterocycles. The van der Waals surface area contributed by atoms with Crippen LogP contribution in [0.2, 0.25) is 5.02 Å². The third-order valence-corrected chi connectivity index (χ3v) is 4.30. The number of rotatable bonds is 4. The first kappa shape index (κ1) is 18.3. The second-order valence-corrected chi connectivity index (χ2v) is 6.22. The third kappa shape index (κ3) is 3.83. The molecule has 8 heteroatoms. The number of benzene rings is 1. The van der Waals surface area contributed by atoms with E-state index in [4.69, 9.17) is 11.6 Å². The van der Waals surface area contributed by atoms with Gasteiger partial charge in [0.05, 0.1) is 16.3 Å². The number of anilines is 1. The molecule has 0 saturated heterocycles. The predicted molar refractivity (Wildman–Crippen MR) is 93.3 cm³/mol. The number of carbonyl (C=O) groups is 1. The summed E-state index contributed by atoms with van der Waals surface area (Å²) in [6, 6.07) is 8.90. The zero-order chi connectivity index (χ0) is 18.9. The number of fused-ring (bicyclic) bond motifs is 1. The maximum absolute atomic E-state index is 12.9. The second-order valence-electron chi connectivity index (χ2n) is 5.81. The maximum atomic E-state index is 12.9. The molecule has 0 bridgehead atoms. The number of pyridine rings is 1. The van der Waals surface area contributed by atoms with Gasteiger partial charge in [-0.05, 0) is 43.7 Å². The van der Waals surface area contributed by atoms with Gasteiger partial charge in [0.1, 0.15) is 5.65 Å². The molecule has 1 amide bonds. The van der Waals surface area contributed by atoms with E-state index in [9.17, 15) is 18.0 Å². The van der Waals surface area contributed by atoms with Crippen LogP contribution in [0.5, 0.6) is 0 Å². The van der Waals surface area contributed by atoms with Gasteiger partial charge in [-0.25, -0.2) is 4.98 Å². The SMILES string of the molecule is Cc1nc2ccccn2c1CCC(=O)Nc1ccc(Cl)c(C(F)(F)F)c1. The van der Waals surface area contributed by atoms with Crippen LogP contribution in [-0.4, -0.2) is 15.3 Å². The fourth-order valence-electron chi connectivity index (χ4n) is 2.74. The average Bonchev–Trinajstić information content (AvgIpc) is 2.89. The molecule has 0 aliphatic carbocycles. The van der Waals surface area contributed by atoms with Gasteiger partial charge in [0, 0.05) is 24.0 Å². The van der Waals surface area contributed by atoms with Crippen molar-refractivity contribution in [3.8, 4) is 0 Å². The van der Waals surface area contributed by atoms with E-state index in [1.54, 1.807) is 0 Å². The number of amides is 1. The van der Waals surface area contributed by atoms with Crippen LogP contribution in [0.25, 0.3) is 5.65 Å². The van der Waals surface area contributed by atoms with Gasteiger partial charge >= 0.3 is 6.18 Å². The number of carbonyl (C=O) groups excluding carboxylic acids is 1. The molecular weight excluding hydrogens is 367 g/mol. The minimum Gasteiger partial charge on any atom is -0.326 e. The molecule has 0 aliphatic rings. The van der Waals surface area contributed by atoms with Crippen molar-refractivity contribution in [2.24, 2.45) is 0 Å². The zero-order valence-corrected chi connectivity index (χ0v) is 14.5. The summed E-state index contributed by atoms with van der Waals surface area (Å²) in [6.07, 6.45) is -2.18. The minimum atomic E-state index is -4.58. The monoisotopic (exact) mass is 381 g/mol. The van der Waals surface area contributed by atoms with Crippen LogP contribution < -0.4 is 5.32 Å². The standard InChI is InChI=1S/C18H15ClF3N3O/c1-11-15(25-9-3-2-4-16(25)23-11)7-8-17(26)24-12-5-6-14(19)13(10-12)18(20,21)22/h2-6,9-10H,7-8H2,1H3,(H,24,26). The fraction of sp³-hybridized carbons (Fsp3) is 0.222. The van der Waals surface area contributed by atoms with Crippen molar-refractivity contribution in [1.82, 2.24) is 9.38 Å². The molecule has 0 aliphatic heterocycles. The van der Waals surface area contributed by atoms with Crippen LogP contribution in [0.3, 0.4) is 0 Å². The summed E-state index contributed by atoms with van der Waals surface area (Å²) in [5, 5.41) is 2.08. The van der Waals surface area contributed by atoms with E-state index >= 15 is 0 Å². The highest BCUT2D eigenvalue weighted by atomic mass is 35.5. The van der Waals surface area contributed by atoms with E-state index in [-0.39, 0.29) is 18.0 Å². The Labute approximate surface area is 152 Å². The number of nitrogens with one attached hydrogen (secondary N) is 1. The molecule has 2 aromatic heterocycles. The van der Waals surface area contributed by atoms with E-state index in [0.29, 0.717) is 6.42 Å². The Balaban J connectivity index is 1.71. The summed E-state index contributed by atoms with van der Waals surface area (Å²) in [4.78, 5) is 16.6. The lowest BCUT2D eigenvalue weighted by Gasteiger charge is -2.12. The number of hydrogen-bond donors (Lipinski definition) is 1. The molecule has 4 nitrogen and oxygen atoms in total. The largest absolute Gasteiger partial charge is 0.417 e. The van der Waals surface area contributed by atoms with E-state index < -0.39 is 16.8 Å². The predicted octanol–water partition coefficient (Wildman–Crippen LogP) is 4.89. The van der Waals surface area contributed by atoms with Gasteiger partial charge in [0.2, 0.25) is 5.91 Å². The number of nitrogens with zero attached hydrogens (tertiary/aromatic N) is 2. The van der Waals surface area contributed by atoms with Crippen molar-refractivity contribution >= 4 is 28.8 Å². The second kappa shape index (κ2) is 6.99. The van der Waals surface area contributed by atoms with Gasteiger partial charge < -0.3 is 9.72 Å². The van der Waals surface area contributed by atoms with Crippen molar-refractivity contribution in [1.29, 1.82) is 0 Å². The van der Waals surface area contributed by atoms with Crippen molar-refractivity contribution in [2.75, 3.05) is 5.32 Å². The molecule has 0 radical (unpaired) electrons. The van der Waals surface area contributed by atoms with Crippen molar-refractivity contribution < 1.29 is 18.0 Å². The molecule has 136 valence electrons. The minimum absolute atomic E-state index is 0.0570. The highest BCUT2D eigenvalue weighted by Gasteiger charge is 2.33. The summed E-state index contributed by atoms with van der Waals surface area (Å²) in [5.74, 6) is -0.384. The zero-order valence-electron chi connectivity index (χ0n) is 13.8. The normalized spacial score (nSPS) is 11.7. The highest BCUT2D eigenvalue weighted by molar-refractivity contribution is 6.31. The van der Waals surface area contributed by atoms with E-state index in [1.807, 2.05) is 35.7 Å². The van der Waals surface area contributed by atoms with Gasteiger partial charge in [-0.15, -0.1) is 0 Å². The molecule has 3 rings (SSSR count). The van der Waals surface area contributed by atoms with Gasteiger partial charge in [0.25, 0.3) is 0 Å². The molecular formula is C18H15ClF3N3O. The molecule has 0 atom stereocenters. The van der Waals surface area contributed by atoms with E-state index in [2.05, 4.69) is 10.3 Å². The molecule has 3 aromatic rings. The lowest BCUT2D eigenvalue weighted by molar-refractivity contribution is -0.137. The van der Waals surface area contributed by atoms with Crippen LogP contribution in [0, 0.1) is 6.92 Å². The summed E-state index contributed by atoms with van der Waals surface area (Å²) in [7, 11) is 0. The van der Waals surface area contributed by atoms with Crippen LogP contribution in [0.4, 0.5) is 18.9 Å². The molecule has 0 saturated carbocycles. The average molecular weight is 382 g/mol. The smallest absolute Gasteiger partial charge is 0.326 e. The summed E-state index contributed by atoms with van der Waals surface area (Å²) >= 11 is 5.58. The Morgan fingerprint density at radius 1 is 1.27 bits per heavy atom. The Kier molecular flexibility index (Phi) is 4.91. The molecule has 0 spiro atoms. The van der Waals surface area contributed by atoms with Crippen LogP contribution >= 0.6 is 11.6 Å². The van der Waals surface area contributed by atoms with Gasteiger partial charge in [0.15, 0.2) is 0 Å². The molecule has 1 N–H and O–H groups in total. The summed E-state index contributed by atoms with van der Waals surface area (Å²) in [5.41, 5.74) is 1.57. The highest BCUT2D eigenvalue weighted by Crippen LogP contribution is 2.36. The van der Waals surface area contributed by atoms with E-state index in [0.717, 1.165) is 29.2 Å². The Morgan fingerprint density at radius 3 is 2.77 bits per heavy atom.